The Balaban J connectivity index is 2.79. The zero-order chi connectivity index (χ0) is 9.84. The number of amides is 1. The van der Waals surface area contributed by atoms with Crippen molar-refractivity contribution >= 4 is 17.9 Å². The molecule has 1 unspecified atom stereocenters. The number of alkyl halides is 1. The number of nitrogens with zero attached hydrogens (tertiary/aromatic N) is 1. The van der Waals surface area contributed by atoms with Crippen molar-refractivity contribution in [3.05, 3.63) is 35.9 Å². The summed E-state index contributed by atoms with van der Waals surface area (Å²) in [7, 11) is 0. The van der Waals surface area contributed by atoms with E-state index in [2.05, 4.69) is 0 Å². The van der Waals surface area contributed by atoms with E-state index in [9.17, 15) is 9.18 Å². The van der Waals surface area contributed by atoms with Crippen LogP contribution < -0.4 is 0 Å². The summed E-state index contributed by atoms with van der Waals surface area (Å²) >= 11 is 5.16. The number of hydrogen-bond donors (Lipinski definition) is 1. The first-order valence-electron chi connectivity index (χ1n) is 3.50. The molecule has 1 atom stereocenters. The molecule has 0 aliphatic heterocycles. The van der Waals surface area contributed by atoms with Crippen molar-refractivity contribution < 1.29 is 14.3 Å². The average Bonchev–Trinajstić information content (AvgIpc) is 2.17. The molecule has 0 fully saturated rings. The summed E-state index contributed by atoms with van der Waals surface area (Å²) in [6, 6.07) is 7.84. The molecule has 0 aliphatic rings. The van der Waals surface area contributed by atoms with E-state index in [-0.39, 0.29) is 9.98 Å². The predicted molar refractivity (Wildman–Crippen MR) is 46.0 cm³/mol. The standard InChI is InChI=1S/C8H7ClFNO2/c9-11(8(12)13)7(10)6-4-2-1-3-5-6/h1-5,7H,(H,12,13). The fraction of sp³-hybridized carbons (Fsp3) is 0.125. The van der Waals surface area contributed by atoms with Crippen LogP contribution in [-0.4, -0.2) is 15.6 Å². The van der Waals surface area contributed by atoms with E-state index in [1.807, 2.05) is 0 Å². The third kappa shape index (κ3) is 2.32. The zero-order valence-electron chi connectivity index (χ0n) is 6.52. The van der Waals surface area contributed by atoms with Crippen molar-refractivity contribution in [3.63, 3.8) is 0 Å². The summed E-state index contributed by atoms with van der Waals surface area (Å²) < 4.78 is 13.3. The second-order valence-corrected chi connectivity index (χ2v) is 2.70. The van der Waals surface area contributed by atoms with Crippen molar-refractivity contribution in [2.24, 2.45) is 0 Å². The number of carboxylic acid groups (broad SMARTS) is 1. The summed E-state index contributed by atoms with van der Waals surface area (Å²) in [6.45, 7) is 0. The number of halogens is 2. The van der Waals surface area contributed by atoms with Crippen LogP contribution in [0.1, 0.15) is 11.9 Å². The Bertz CT molecular complexity index is 293. The summed E-state index contributed by atoms with van der Waals surface area (Å²) in [5, 5.41) is 8.37. The minimum atomic E-state index is -1.83. The van der Waals surface area contributed by atoms with E-state index in [0.29, 0.717) is 0 Å². The van der Waals surface area contributed by atoms with Crippen LogP contribution >= 0.6 is 11.8 Å². The summed E-state index contributed by atoms with van der Waals surface area (Å²) in [6.07, 6.45) is -3.35. The predicted octanol–water partition coefficient (Wildman–Crippen LogP) is 2.79. The third-order valence-corrected chi connectivity index (χ3v) is 1.77. The van der Waals surface area contributed by atoms with Gasteiger partial charge < -0.3 is 5.11 Å². The molecule has 1 N–H and O–H groups in total. The molecular formula is C8H7ClFNO2. The van der Waals surface area contributed by atoms with Gasteiger partial charge in [0.25, 0.3) is 0 Å². The van der Waals surface area contributed by atoms with Crippen LogP contribution in [-0.2, 0) is 0 Å². The van der Waals surface area contributed by atoms with Crippen LogP contribution in [0.25, 0.3) is 0 Å². The first-order valence-corrected chi connectivity index (χ1v) is 3.83. The van der Waals surface area contributed by atoms with Gasteiger partial charge in [0.2, 0.25) is 6.30 Å². The molecule has 0 aromatic heterocycles. The minimum Gasteiger partial charge on any atom is -0.464 e. The van der Waals surface area contributed by atoms with Crippen molar-refractivity contribution in [2.45, 2.75) is 6.30 Å². The SMILES string of the molecule is O=C(O)N(Cl)C(F)c1ccccc1. The van der Waals surface area contributed by atoms with Crippen molar-refractivity contribution in [3.8, 4) is 0 Å². The molecule has 0 spiro atoms. The van der Waals surface area contributed by atoms with E-state index < -0.39 is 12.4 Å². The molecule has 0 aliphatic carbocycles. The molecule has 1 rings (SSSR count). The molecule has 70 valence electrons. The van der Waals surface area contributed by atoms with Gasteiger partial charge in [0.05, 0.1) is 0 Å². The molecule has 0 saturated heterocycles. The number of benzene rings is 1. The molecule has 0 bridgehead atoms. The van der Waals surface area contributed by atoms with Crippen LogP contribution in [0, 0.1) is 0 Å². The van der Waals surface area contributed by atoms with Gasteiger partial charge in [0, 0.05) is 17.3 Å². The van der Waals surface area contributed by atoms with Crippen molar-refractivity contribution in [2.75, 3.05) is 0 Å². The monoisotopic (exact) mass is 203 g/mol. The normalized spacial score (nSPS) is 12.2. The lowest BCUT2D eigenvalue weighted by molar-refractivity contribution is 0.125. The maximum atomic E-state index is 13.2. The molecule has 3 nitrogen and oxygen atoms in total. The highest BCUT2D eigenvalue weighted by Crippen LogP contribution is 2.23. The van der Waals surface area contributed by atoms with Gasteiger partial charge in [-0.2, -0.15) is 4.42 Å². The Hall–Kier alpha value is -1.29. The Labute approximate surface area is 79.5 Å². The highest BCUT2D eigenvalue weighted by Gasteiger charge is 2.21. The van der Waals surface area contributed by atoms with E-state index in [1.54, 1.807) is 18.2 Å². The summed E-state index contributed by atoms with van der Waals surface area (Å²) in [5.74, 6) is 0. The van der Waals surface area contributed by atoms with Gasteiger partial charge in [-0.25, -0.2) is 9.18 Å². The van der Waals surface area contributed by atoms with Crippen molar-refractivity contribution in [1.29, 1.82) is 0 Å². The number of carbonyl (C=O) groups is 1. The summed E-state index contributed by atoms with van der Waals surface area (Å²) in [4.78, 5) is 10.3. The van der Waals surface area contributed by atoms with Gasteiger partial charge in [-0.1, -0.05) is 30.3 Å². The molecule has 5 heteroatoms. The van der Waals surface area contributed by atoms with Gasteiger partial charge >= 0.3 is 6.09 Å². The Morgan fingerprint density at radius 2 is 2.00 bits per heavy atom. The average molecular weight is 204 g/mol. The van der Waals surface area contributed by atoms with E-state index in [4.69, 9.17) is 16.9 Å². The first-order chi connectivity index (χ1) is 6.13. The summed E-state index contributed by atoms with van der Waals surface area (Å²) in [5.41, 5.74) is 0.208. The smallest absolute Gasteiger partial charge is 0.424 e. The first kappa shape index (κ1) is 9.80. The Morgan fingerprint density at radius 3 is 2.46 bits per heavy atom. The number of hydrogen-bond acceptors (Lipinski definition) is 1. The van der Waals surface area contributed by atoms with E-state index >= 15 is 0 Å². The molecule has 1 aromatic rings. The largest absolute Gasteiger partial charge is 0.464 e. The molecular weight excluding hydrogens is 197 g/mol. The minimum absolute atomic E-state index is 0.0926. The maximum absolute atomic E-state index is 13.2. The fourth-order valence-electron chi connectivity index (χ4n) is 0.840. The number of rotatable bonds is 2. The highest BCUT2D eigenvalue weighted by molar-refractivity contribution is 6.20. The van der Waals surface area contributed by atoms with E-state index in [0.717, 1.165) is 0 Å². The van der Waals surface area contributed by atoms with E-state index in [1.165, 1.54) is 12.1 Å². The topological polar surface area (TPSA) is 40.5 Å². The van der Waals surface area contributed by atoms with Crippen molar-refractivity contribution in [1.82, 2.24) is 4.42 Å². The van der Waals surface area contributed by atoms with Crippen LogP contribution in [0.3, 0.4) is 0 Å². The molecule has 13 heavy (non-hydrogen) atoms. The van der Waals surface area contributed by atoms with Gasteiger partial charge in [0.1, 0.15) is 0 Å². The van der Waals surface area contributed by atoms with Gasteiger partial charge in [-0.05, 0) is 0 Å². The lowest BCUT2D eigenvalue weighted by Crippen LogP contribution is -2.21. The van der Waals surface area contributed by atoms with Gasteiger partial charge in [0.15, 0.2) is 0 Å². The van der Waals surface area contributed by atoms with Crippen LogP contribution in [0.15, 0.2) is 30.3 Å². The lowest BCUT2D eigenvalue weighted by Gasteiger charge is -2.14. The Morgan fingerprint density at radius 1 is 1.46 bits per heavy atom. The molecule has 1 amide bonds. The molecule has 0 radical (unpaired) electrons. The lowest BCUT2D eigenvalue weighted by atomic mass is 10.2. The zero-order valence-corrected chi connectivity index (χ0v) is 7.28. The van der Waals surface area contributed by atoms with Crippen LogP contribution in [0.4, 0.5) is 9.18 Å². The Kier molecular flexibility index (Phi) is 3.08. The van der Waals surface area contributed by atoms with Gasteiger partial charge in [-0.15, -0.1) is 0 Å². The van der Waals surface area contributed by atoms with Gasteiger partial charge in [-0.3, -0.25) is 0 Å². The molecule has 0 saturated carbocycles. The quantitative estimate of drug-likeness (QED) is 0.593. The molecule has 1 aromatic carbocycles. The second-order valence-electron chi connectivity index (χ2n) is 2.34. The third-order valence-electron chi connectivity index (χ3n) is 1.46. The van der Waals surface area contributed by atoms with Crippen LogP contribution in [0.5, 0.6) is 0 Å². The van der Waals surface area contributed by atoms with Crippen LogP contribution in [0.2, 0.25) is 0 Å². The molecule has 0 heterocycles. The second kappa shape index (κ2) is 4.09. The maximum Gasteiger partial charge on any atom is 0.424 e. The highest BCUT2D eigenvalue weighted by atomic mass is 35.5. The fourth-order valence-corrected chi connectivity index (χ4v) is 0.952.